The van der Waals surface area contributed by atoms with Crippen molar-refractivity contribution >= 4 is 13.7 Å². The fourth-order valence-electron chi connectivity index (χ4n) is 7.84. The molecule has 3 N–H and O–H groups in total. The average Bonchev–Trinajstić information content (AvgIpc) is 3.24. The molecule has 0 radical (unpaired) electrons. The summed E-state index contributed by atoms with van der Waals surface area (Å²) < 4.78 is 23.6. The number of allylic oxidation sites excluding steroid dienone is 5. The van der Waals surface area contributed by atoms with Gasteiger partial charge in [-0.05, 0) is 44.9 Å². The number of nitrogens with one attached hydrogen (secondary N) is 1. The van der Waals surface area contributed by atoms with Gasteiger partial charge in [0.05, 0.1) is 39.9 Å². The molecule has 63 heavy (non-hydrogen) atoms. The van der Waals surface area contributed by atoms with Gasteiger partial charge in [0, 0.05) is 6.42 Å². The molecule has 1 amide bonds. The summed E-state index contributed by atoms with van der Waals surface area (Å²) in [5.74, 6) is -0.187. The summed E-state index contributed by atoms with van der Waals surface area (Å²) in [5, 5.41) is 13.9. The summed E-state index contributed by atoms with van der Waals surface area (Å²) in [4.78, 5) is 23.2. The number of rotatable bonds is 49. The molecule has 0 aliphatic carbocycles. The van der Waals surface area contributed by atoms with Gasteiger partial charge in [-0.25, -0.2) is 4.57 Å². The van der Waals surface area contributed by atoms with Crippen molar-refractivity contribution in [3.05, 3.63) is 36.5 Å². The minimum absolute atomic E-state index is 0.0550. The number of hydrogen-bond donors (Lipinski definition) is 3. The molecule has 0 bridgehead atoms. The molecule has 0 saturated carbocycles. The quantitative estimate of drug-likeness (QED) is 0.0243. The Balaban J connectivity index is 4.29. The van der Waals surface area contributed by atoms with Crippen LogP contribution < -0.4 is 5.32 Å². The van der Waals surface area contributed by atoms with Crippen molar-refractivity contribution in [1.82, 2.24) is 5.32 Å². The first-order valence-corrected chi connectivity index (χ1v) is 28.4. The third-order valence-electron chi connectivity index (χ3n) is 12.1. The molecular weight excluding hydrogens is 804 g/mol. The summed E-state index contributed by atoms with van der Waals surface area (Å²) in [6.45, 7) is 4.81. The smallest absolute Gasteiger partial charge is 0.387 e. The van der Waals surface area contributed by atoms with Crippen LogP contribution in [0.15, 0.2) is 36.5 Å². The maximum Gasteiger partial charge on any atom is 0.472 e. The molecule has 0 aliphatic heterocycles. The molecule has 0 heterocycles. The second-order valence-corrected chi connectivity index (χ2v) is 21.0. The number of carbonyl (C=O) groups is 1. The molecule has 0 aromatic carbocycles. The van der Waals surface area contributed by atoms with Gasteiger partial charge < -0.3 is 19.8 Å². The van der Waals surface area contributed by atoms with Crippen LogP contribution >= 0.6 is 7.82 Å². The molecule has 0 rings (SSSR count). The zero-order chi connectivity index (χ0) is 46.4. The lowest BCUT2D eigenvalue weighted by Crippen LogP contribution is -2.45. The molecular formula is C54H106N2O6P+. The Morgan fingerprint density at radius 1 is 0.524 bits per heavy atom. The predicted molar refractivity (Wildman–Crippen MR) is 272 cm³/mol. The fraction of sp³-hybridized carbons (Fsp3) is 0.870. The first kappa shape index (κ1) is 61.7. The molecule has 9 heteroatoms. The van der Waals surface area contributed by atoms with Gasteiger partial charge in [0.15, 0.2) is 0 Å². The molecule has 0 aromatic rings. The summed E-state index contributed by atoms with van der Waals surface area (Å²) in [7, 11) is 1.55. The molecule has 3 atom stereocenters. The SMILES string of the molecule is CCCCCCCCCC/C=C/CC/C=C/CC/C=C/C(O)C(COP(=O)(O)OCC[N+](C)(C)C)NC(=O)CCCCCCCCCCCCCCCCCCCCCCCCC. The van der Waals surface area contributed by atoms with Crippen LogP contribution in [0.5, 0.6) is 0 Å². The van der Waals surface area contributed by atoms with Crippen molar-refractivity contribution < 1.29 is 32.9 Å². The Morgan fingerprint density at radius 3 is 1.27 bits per heavy atom. The van der Waals surface area contributed by atoms with Crippen molar-refractivity contribution in [2.24, 2.45) is 0 Å². The summed E-state index contributed by atoms with van der Waals surface area (Å²) in [6.07, 6.45) is 58.1. The molecule has 3 unspecified atom stereocenters. The lowest BCUT2D eigenvalue weighted by molar-refractivity contribution is -0.870. The Kier molecular flexibility index (Phi) is 44.9. The zero-order valence-electron chi connectivity index (χ0n) is 42.3. The minimum Gasteiger partial charge on any atom is -0.387 e. The number of quaternary nitrogens is 1. The maximum absolute atomic E-state index is 12.9. The highest BCUT2D eigenvalue weighted by Gasteiger charge is 2.27. The zero-order valence-corrected chi connectivity index (χ0v) is 43.2. The second-order valence-electron chi connectivity index (χ2n) is 19.6. The van der Waals surface area contributed by atoms with Crippen molar-refractivity contribution in [3.8, 4) is 0 Å². The van der Waals surface area contributed by atoms with Crippen LogP contribution in [0, 0.1) is 0 Å². The van der Waals surface area contributed by atoms with Crippen molar-refractivity contribution in [1.29, 1.82) is 0 Å². The number of phosphoric acid groups is 1. The number of unbranched alkanes of at least 4 members (excludes halogenated alkanes) is 32. The highest BCUT2D eigenvalue weighted by atomic mass is 31.2. The van der Waals surface area contributed by atoms with Crippen molar-refractivity contribution in [2.75, 3.05) is 40.9 Å². The average molecular weight is 910 g/mol. The van der Waals surface area contributed by atoms with Gasteiger partial charge in [-0.15, -0.1) is 0 Å². The van der Waals surface area contributed by atoms with Gasteiger partial charge in [0.25, 0.3) is 0 Å². The van der Waals surface area contributed by atoms with Crippen LogP contribution in [0.4, 0.5) is 0 Å². The van der Waals surface area contributed by atoms with Crippen LogP contribution in [0.25, 0.3) is 0 Å². The fourth-order valence-corrected chi connectivity index (χ4v) is 8.58. The van der Waals surface area contributed by atoms with Crippen LogP contribution in [-0.2, 0) is 18.4 Å². The summed E-state index contributed by atoms with van der Waals surface area (Å²) >= 11 is 0. The van der Waals surface area contributed by atoms with E-state index in [-0.39, 0.29) is 19.1 Å². The highest BCUT2D eigenvalue weighted by molar-refractivity contribution is 7.47. The molecule has 0 aromatic heterocycles. The lowest BCUT2D eigenvalue weighted by atomic mass is 10.0. The van der Waals surface area contributed by atoms with E-state index in [0.717, 1.165) is 44.9 Å². The van der Waals surface area contributed by atoms with E-state index >= 15 is 0 Å². The Labute approximate surface area is 391 Å². The van der Waals surface area contributed by atoms with E-state index in [0.29, 0.717) is 17.4 Å². The van der Waals surface area contributed by atoms with Gasteiger partial charge in [0.2, 0.25) is 5.91 Å². The normalized spacial score (nSPS) is 14.3. The highest BCUT2D eigenvalue weighted by Crippen LogP contribution is 2.43. The summed E-state index contributed by atoms with van der Waals surface area (Å²) in [5.41, 5.74) is 0. The molecule has 0 saturated heterocycles. The first-order valence-electron chi connectivity index (χ1n) is 26.9. The van der Waals surface area contributed by atoms with Gasteiger partial charge in [-0.2, -0.15) is 0 Å². The molecule has 0 spiro atoms. The van der Waals surface area contributed by atoms with Crippen LogP contribution in [0.1, 0.15) is 251 Å². The van der Waals surface area contributed by atoms with Crippen LogP contribution in [0.3, 0.4) is 0 Å². The number of aliphatic hydroxyl groups is 1. The number of amides is 1. The minimum atomic E-state index is -4.35. The van der Waals surface area contributed by atoms with E-state index in [4.69, 9.17) is 9.05 Å². The van der Waals surface area contributed by atoms with E-state index in [1.54, 1.807) is 6.08 Å². The van der Waals surface area contributed by atoms with E-state index in [9.17, 15) is 19.4 Å². The largest absolute Gasteiger partial charge is 0.472 e. The number of nitrogens with zero attached hydrogens (tertiary/aromatic N) is 1. The Hall–Kier alpha value is -1.28. The van der Waals surface area contributed by atoms with Gasteiger partial charge in [-0.1, -0.05) is 237 Å². The van der Waals surface area contributed by atoms with Gasteiger partial charge >= 0.3 is 7.82 Å². The van der Waals surface area contributed by atoms with E-state index in [2.05, 4.69) is 43.5 Å². The third kappa shape index (κ3) is 48.5. The number of hydrogen-bond acceptors (Lipinski definition) is 5. The second kappa shape index (κ2) is 45.9. The van der Waals surface area contributed by atoms with Gasteiger partial charge in [-0.3, -0.25) is 13.8 Å². The maximum atomic E-state index is 12.9. The number of phosphoric ester groups is 1. The first-order chi connectivity index (χ1) is 30.5. The topological polar surface area (TPSA) is 105 Å². The summed E-state index contributed by atoms with van der Waals surface area (Å²) in [6, 6.07) is -0.867. The monoisotopic (exact) mass is 910 g/mol. The van der Waals surface area contributed by atoms with E-state index in [1.165, 1.54) is 186 Å². The number of carbonyl (C=O) groups excluding carboxylic acids is 1. The molecule has 8 nitrogen and oxygen atoms in total. The molecule has 0 aliphatic rings. The Morgan fingerprint density at radius 2 is 0.873 bits per heavy atom. The third-order valence-corrected chi connectivity index (χ3v) is 13.1. The molecule has 0 fully saturated rings. The van der Waals surface area contributed by atoms with Crippen molar-refractivity contribution in [3.63, 3.8) is 0 Å². The van der Waals surface area contributed by atoms with E-state index < -0.39 is 20.0 Å². The van der Waals surface area contributed by atoms with E-state index in [1.807, 2.05) is 27.2 Å². The van der Waals surface area contributed by atoms with Crippen molar-refractivity contribution in [2.45, 2.75) is 264 Å². The van der Waals surface area contributed by atoms with Crippen LogP contribution in [0.2, 0.25) is 0 Å². The Bertz CT molecular complexity index is 1120. The number of aliphatic hydroxyl groups excluding tert-OH is 1. The lowest BCUT2D eigenvalue weighted by Gasteiger charge is -2.25. The predicted octanol–water partition coefficient (Wildman–Crippen LogP) is 15.8. The van der Waals surface area contributed by atoms with Crippen LogP contribution in [-0.4, -0.2) is 73.4 Å². The number of likely N-dealkylation sites (N-methyl/N-ethyl adjacent to an activating group) is 1. The molecule has 372 valence electrons. The van der Waals surface area contributed by atoms with Gasteiger partial charge in [0.1, 0.15) is 13.2 Å². The standard InChI is InChI=1S/C54H105N2O6P/c1-6-8-10-12-14-16-18-20-22-24-26-27-28-29-30-32-34-36-38-40-42-44-46-48-54(58)55-52(51-62-63(59,60)61-50-49-56(3,4)5)53(57)47-45-43-41-39-37-35-33-31-25-23-21-19-17-15-13-11-9-7-2/h25,31,37,39,45,47,52-53,57H,6-24,26-30,32-36,38,40-44,46,48-51H2,1-5H3,(H-,55,58,59,60)/p+1/b31-25+,39-37+,47-45+.